The Morgan fingerprint density at radius 1 is 1.60 bits per heavy atom. The summed E-state index contributed by atoms with van der Waals surface area (Å²) in [5.74, 6) is 0.417. The van der Waals surface area contributed by atoms with E-state index in [1.54, 1.807) is 19.4 Å². The van der Waals surface area contributed by atoms with E-state index in [0.29, 0.717) is 10.6 Å². The van der Waals surface area contributed by atoms with E-state index in [1.807, 2.05) is 6.92 Å². The molecule has 5 heteroatoms. The molecule has 1 rings (SSSR count). The van der Waals surface area contributed by atoms with Gasteiger partial charge in [0.25, 0.3) is 5.56 Å². The summed E-state index contributed by atoms with van der Waals surface area (Å²) >= 11 is 3.48. The lowest BCUT2D eigenvalue weighted by molar-refractivity contribution is 0.699. The molecule has 1 N–H and O–H groups in total. The molecule has 0 amide bonds. The molecule has 0 fully saturated rings. The summed E-state index contributed by atoms with van der Waals surface area (Å²) in [5.41, 5.74) is -0.0911. The van der Waals surface area contributed by atoms with Crippen LogP contribution in [0.3, 0.4) is 0 Å². The minimum Gasteiger partial charge on any atom is -0.363 e. The van der Waals surface area contributed by atoms with Crippen LogP contribution in [0, 0.1) is 0 Å². The van der Waals surface area contributed by atoms with Gasteiger partial charge in [-0.1, -0.05) is 22.9 Å². The topological polar surface area (TPSA) is 46.9 Å². The van der Waals surface area contributed by atoms with Crippen LogP contribution in [0.5, 0.6) is 0 Å². The van der Waals surface area contributed by atoms with Crippen LogP contribution in [-0.4, -0.2) is 20.4 Å². The van der Waals surface area contributed by atoms with Crippen molar-refractivity contribution in [2.24, 2.45) is 7.05 Å². The van der Waals surface area contributed by atoms with Crippen LogP contribution in [0.4, 0.5) is 5.82 Å². The zero-order valence-electron chi connectivity index (χ0n) is 9.20. The molecule has 0 spiro atoms. The first-order valence-corrected chi connectivity index (χ1v) is 5.84. The van der Waals surface area contributed by atoms with E-state index in [4.69, 9.17) is 0 Å². The van der Waals surface area contributed by atoms with Crippen molar-refractivity contribution >= 4 is 21.7 Å². The number of nitrogens with one attached hydrogen (secondary N) is 1. The third-order valence-corrected chi connectivity index (χ3v) is 2.45. The average Bonchev–Trinajstić information content (AvgIpc) is 2.11. The summed E-state index contributed by atoms with van der Waals surface area (Å²) in [5, 5.41) is 3.11. The molecule has 0 bridgehead atoms. The minimum absolute atomic E-state index is 0.0911. The molecular weight excluding hydrogens is 258 g/mol. The van der Waals surface area contributed by atoms with Crippen LogP contribution in [0.1, 0.15) is 20.3 Å². The van der Waals surface area contributed by atoms with Gasteiger partial charge in [-0.15, -0.1) is 0 Å². The van der Waals surface area contributed by atoms with Gasteiger partial charge in [0.15, 0.2) is 5.82 Å². The number of aryl methyl sites for hydroxylation is 1. The number of anilines is 1. The summed E-state index contributed by atoms with van der Waals surface area (Å²) in [7, 11) is 1.72. The first kappa shape index (κ1) is 12.2. The molecule has 1 heterocycles. The second-order valence-corrected chi connectivity index (χ2v) is 5.32. The lowest BCUT2D eigenvalue weighted by atomic mass is 10.2. The van der Waals surface area contributed by atoms with Crippen molar-refractivity contribution in [1.82, 2.24) is 9.55 Å². The molecule has 0 aromatic carbocycles. The quantitative estimate of drug-likeness (QED) is 0.851. The van der Waals surface area contributed by atoms with Crippen molar-refractivity contribution in [2.45, 2.75) is 31.1 Å². The Morgan fingerprint density at radius 2 is 2.27 bits per heavy atom. The summed E-state index contributed by atoms with van der Waals surface area (Å²) in [6.45, 7) is 4.11. The highest BCUT2D eigenvalue weighted by molar-refractivity contribution is 9.09. The molecule has 0 saturated heterocycles. The summed E-state index contributed by atoms with van der Waals surface area (Å²) in [6.07, 6.45) is 4.21. The monoisotopic (exact) mass is 273 g/mol. The molecule has 84 valence electrons. The maximum atomic E-state index is 11.6. The lowest BCUT2D eigenvalue weighted by Crippen LogP contribution is -2.27. The highest BCUT2D eigenvalue weighted by Crippen LogP contribution is 2.09. The molecule has 0 saturated carbocycles. The highest BCUT2D eigenvalue weighted by atomic mass is 79.9. The first-order valence-electron chi connectivity index (χ1n) is 4.93. The molecule has 2 unspecified atom stereocenters. The van der Waals surface area contributed by atoms with Gasteiger partial charge in [0, 0.05) is 30.3 Å². The SMILES string of the molecule is CC(Br)CC(C)Nc1nccn(C)c1=O. The second kappa shape index (κ2) is 5.30. The van der Waals surface area contributed by atoms with Crippen LogP contribution in [0.25, 0.3) is 0 Å². The highest BCUT2D eigenvalue weighted by Gasteiger charge is 2.09. The van der Waals surface area contributed by atoms with Gasteiger partial charge in [-0.3, -0.25) is 4.79 Å². The molecule has 15 heavy (non-hydrogen) atoms. The molecule has 1 aromatic heterocycles. The van der Waals surface area contributed by atoms with Gasteiger partial charge >= 0.3 is 0 Å². The van der Waals surface area contributed by atoms with Gasteiger partial charge in [0.2, 0.25) is 0 Å². The van der Waals surface area contributed by atoms with Crippen molar-refractivity contribution in [2.75, 3.05) is 5.32 Å². The predicted octanol–water partition coefficient (Wildman–Crippen LogP) is 1.75. The number of rotatable bonds is 4. The van der Waals surface area contributed by atoms with E-state index in [2.05, 4.69) is 33.2 Å². The van der Waals surface area contributed by atoms with Gasteiger partial charge in [0.1, 0.15) is 0 Å². The number of hydrogen-bond donors (Lipinski definition) is 1. The molecule has 4 nitrogen and oxygen atoms in total. The van der Waals surface area contributed by atoms with Crippen LogP contribution < -0.4 is 10.9 Å². The standard InChI is InChI=1S/C10H16BrN3O/c1-7(11)6-8(2)13-9-10(15)14(3)5-4-12-9/h4-5,7-8H,6H2,1-3H3,(H,12,13). The normalized spacial score (nSPS) is 14.7. The minimum atomic E-state index is -0.0911. The van der Waals surface area contributed by atoms with Crippen LogP contribution in [-0.2, 0) is 7.05 Å². The zero-order valence-corrected chi connectivity index (χ0v) is 10.8. The summed E-state index contributed by atoms with van der Waals surface area (Å²) < 4.78 is 1.51. The van der Waals surface area contributed by atoms with Crippen LogP contribution in [0.15, 0.2) is 17.2 Å². The Bertz CT molecular complexity index is 375. The number of hydrogen-bond acceptors (Lipinski definition) is 3. The van der Waals surface area contributed by atoms with E-state index in [-0.39, 0.29) is 11.6 Å². The maximum Gasteiger partial charge on any atom is 0.293 e. The third-order valence-electron chi connectivity index (χ3n) is 2.08. The maximum absolute atomic E-state index is 11.6. The third kappa shape index (κ3) is 3.66. The number of halogens is 1. The molecule has 1 aromatic rings. The van der Waals surface area contributed by atoms with Gasteiger partial charge in [-0.25, -0.2) is 4.98 Å². The summed E-state index contributed by atoms with van der Waals surface area (Å²) in [4.78, 5) is 16.1. The number of aromatic nitrogens is 2. The van der Waals surface area contributed by atoms with Crippen molar-refractivity contribution in [3.05, 3.63) is 22.7 Å². The van der Waals surface area contributed by atoms with E-state index < -0.39 is 0 Å². The Labute approximate surface area is 97.8 Å². The van der Waals surface area contributed by atoms with Crippen molar-refractivity contribution in [1.29, 1.82) is 0 Å². The average molecular weight is 274 g/mol. The second-order valence-electron chi connectivity index (χ2n) is 3.75. The lowest BCUT2D eigenvalue weighted by Gasteiger charge is -2.15. The predicted molar refractivity (Wildman–Crippen MR) is 65.6 cm³/mol. The van der Waals surface area contributed by atoms with Gasteiger partial charge < -0.3 is 9.88 Å². The first-order chi connectivity index (χ1) is 7.00. The molecule has 2 atom stereocenters. The molecule has 0 aliphatic heterocycles. The molecule has 0 aliphatic rings. The number of alkyl halides is 1. The van der Waals surface area contributed by atoms with Gasteiger partial charge in [0.05, 0.1) is 0 Å². The fourth-order valence-corrected chi connectivity index (χ4v) is 1.94. The molecular formula is C10H16BrN3O. The van der Waals surface area contributed by atoms with Gasteiger partial charge in [-0.05, 0) is 13.3 Å². The van der Waals surface area contributed by atoms with E-state index >= 15 is 0 Å². The largest absolute Gasteiger partial charge is 0.363 e. The Morgan fingerprint density at radius 3 is 2.87 bits per heavy atom. The Balaban J connectivity index is 2.73. The fourth-order valence-electron chi connectivity index (χ4n) is 1.38. The zero-order chi connectivity index (χ0) is 11.4. The van der Waals surface area contributed by atoms with E-state index in [9.17, 15) is 4.79 Å². The van der Waals surface area contributed by atoms with Crippen LogP contribution in [0.2, 0.25) is 0 Å². The van der Waals surface area contributed by atoms with Crippen LogP contribution >= 0.6 is 15.9 Å². The smallest absolute Gasteiger partial charge is 0.293 e. The number of nitrogens with zero attached hydrogens (tertiary/aromatic N) is 2. The van der Waals surface area contributed by atoms with Crippen molar-refractivity contribution < 1.29 is 0 Å². The Hall–Kier alpha value is -0.840. The van der Waals surface area contributed by atoms with E-state index in [0.717, 1.165) is 6.42 Å². The molecule has 0 aliphatic carbocycles. The van der Waals surface area contributed by atoms with Crippen molar-refractivity contribution in [3.63, 3.8) is 0 Å². The van der Waals surface area contributed by atoms with Gasteiger partial charge in [-0.2, -0.15) is 0 Å². The fraction of sp³-hybridized carbons (Fsp3) is 0.600. The Kier molecular flexibility index (Phi) is 4.32. The summed E-state index contributed by atoms with van der Waals surface area (Å²) in [6, 6.07) is 0.224. The van der Waals surface area contributed by atoms with Crippen molar-refractivity contribution in [3.8, 4) is 0 Å². The van der Waals surface area contributed by atoms with E-state index in [1.165, 1.54) is 4.57 Å². The molecule has 0 radical (unpaired) electrons.